The molecule has 2 rings (SSSR count). The third kappa shape index (κ3) is 5.10. The molecule has 1 aromatic rings. The lowest BCUT2D eigenvalue weighted by Crippen LogP contribution is -2.38. The highest BCUT2D eigenvalue weighted by Crippen LogP contribution is 2.17. The monoisotopic (exact) mass is 289 g/mol. The van der Waals surface area contributed by atoms with Gasteiger partial charge in [-0.05, 0) is 37.1 Å². The molecule has 5 heteroatoms. The fourth-order valence-corrected chi connectivity index (χ4v) is 2.57. The molecule has 1 saturated carbocycles. The number of hydrogen-bond donors (Lipinski definition) is 3. The van der Waals surface area contributed by atoms with E-state index in [1.54, 1.807) is 24.3 Å². The van der Waals surface area contributed by atoms with Crippen molar-refractivity contribution in [3.05, 3.63) is 29.8 Å². The summed E-state index contributed by atoms with van der Waals surface area (Å²) in [6.07, 6.45) is 6.12. The normalized spacial score (nSPS) is 15.4. The van der Waals surface area contributed by atoms with Crippen LogP contribution in [0.1, 0.15) is 48.9 Å². The fraction of sp³-hybridized carbons (Fsp3) is 0.500. The second kappa shape index (κ2) is 7.67. The number of anilines is 1. The molecule has 4 N–H and O–H groups in total. The molecular weight excluding hydrogens is 266 g/mol. The number of rotatable bonds is 5. The smallest absolute Gasteiger partial charge is 0.251 e. The lowest BCUT2D eigenvalue weighted by Gasteiger charge is -2.22. The minimum atomic E-state index is -0.180. The molecule has 0 radical (unpaired) electrons. The van der Waals surface area contributed by atoms with Crippen molar-refractivity contribution in [2.45, 2.75) is 44.6 Å². The van der Waals surface area contributed by atoms with E-state index in [4.69, 9.17) is 5.73 Å². The molecule has 0 aliphatic heterocycles. The second-order valence-corrected chi connectivity index (χ2v) is 5.53. The van der Waals surface area contributed by atoms with Crippen LogP contribution in [0, 0.1) is 0 Å². The molecule has 0 bridgehead atoms. The Morgan fingerprint density at radius 3 is 2.43 bits per heavy atom. The highest BCUT2D eigenvalue weighted by atomic mass is 16.2. The van der Waals surface area contributed by atoms with E-state index in [9.17, 15) is 9.59 Å². The number of nitrogen functional groups attached to an aromatic ring is 1. The van der Waals surface area contributed by atoms with Crippen LogP contribution in [-0.4, -0.2) is 24.4 Å². The van der Waals surface area contributed by atoms with Gasteiger partial charge in [0, 0.05) is 30.3 Å². The van der Waals surface area contributed by atoms with Crippen LogP contribution in [0.4, 0.5) is 5.69 Å². The number of nitrogens with one attached hydrogen (secondary N) is 2. The van der Waals surface area contributed by atoms with Crippen LogP contribution in [0.25, 0.3) is 0 Å². The quantitative estimate of drug-likeness (QED) is 0.723. The lowest BCUT2D eigenvalue weighted by atomic mass is 9.95. The largest absolute Gasteiger partial charge is 0.399 e. The highest BCUT2D eigenvalue weighted by molar-refractivity contribution is 5.94. The summed E-state index contributed by atoms with van der Waals surface area (Å²) in [6, 6.07) is 7.04. The van der Waals surface area contributed by atoms with Crippen molar-refractivity contribution in [1.82, 2.24) is 10.6 Å². The van der Waals surface area contributed by atoms with Crippen LogP contribution in [0.5, 0.6) is 0 Å². The van der Waals surface area contributed by atoms with Gasteiger partial charge >= 0.3 is 0 Å². The highest BCUT2D eigenvalue weighted by Gasteiger charge is 2.15. The van der Waals surface area contributed by atoms with E-state index in [1.807, 2.05) is 0 Å². The van der Waals surface area contributed by atoms with Crippen LogP contribution in [0.2, 0.25) is 0 Å². The second-order valence-electron chi connectivity index (χ2n) is 5.53. The summed E-state index contributed by atoms with van der Waals surface area (Å²) in [5.74, 6) is -0.167. The van der Waals surface area contributed by atoms with Crippen LogP contribution in [0.3, 0.4) is 0 Å². The minimum Gasteiger partial charge on any atom is -0.399 e. The van der Waals surface area contributed by atoms with Crippen molar-refractivity contribution in [1.29, 1.82) is 0 Å². The van der Waals surface area contributed by atoms with Gasteiger partial charge in [0.2, 0.25) is 5.91 Å². The third-order valence-corrected chi connectivity index (χ3v) is 3.78. The predicted octanol–water partition coefficient (Wildman–Crippen LogP) is 1.84. The SMILES string of the molecule is Nc1ccc(C(=O)NCCC(=O)NC2CCCCC2)cc1. The lowest BCUT2D eigenvalue weighted by molar-refractivity contribution is -0.121. The molecule has 0 saturated heterocycles. The van der Waals surface area contributed by atoms with Gasteiger partial charge in [0.05, 0.1) is 0 Å². The number of hydrogen-bond acceptors (Lipinski definition) is 3. The van der Waals surface area contributed by atoms with E-state index < -0.39 is 0 Å². The molecule has 1 aliphatic rings. The summed E-state index contributed by atoms with van der Waals surface area (Å²) in [7, 11) is 0. The Kier molecular flexibility index (Phi) is 5.60. The van der Waals surface area contributed by atoms with Gasteiger partial charge in [-0.1, -0.05) is 19.3 Å². The standard InChI is InChI=1S/C16H23N3O2/c17-13-8-6-12(7-9-13)16(21)18-11-10-15(20)19-14-4-2-1-3-5-14/h6-9,14H,1-5,10-11,17H2,(H,18,21)(H,19,20). The zero-order valence-corrected chi connectivity index (χ0v) is 12.2. The summed E-state index contributed by atoms with van der Waals surface area (Å²) in [4.78, 5) is 23.6. The number of carbonyl (C=O) groups is 2. The fourth-order valence-electron chi connectivity index (χ4n) is 2.57. The number of benzene rings is 1. The van der Waals surface area contributed by atoms with Crippen molar-refractivity contribution < 1.29 is 9.59 Å². The molecule has 2 amide bonds. The van der Waals surface area contributed by atoms with Crippen molar-refractivity contribution in [3.63, 3.8) is 0 Å². The average Bonchev–Trinajstić information content (AvgIpc) is 2.49. The van der Waals surface area contributed by atoms with E-state index in [-0.39, 0.29) is 11.8 Å². The topological polar surface area (TPSA) is 84.2 Å². The Bertz CT molecular complexity index is 479. The molecule has 5 nitrogen and oxygen atoms in total. The number of carbonyl (C=O) groups excluding carboxylic acids is 2. The summed E-state index contributed by atoms with van der Waals surface area (Å²) in [5.41, 5.74) is 6.75. The van der Waals surface area contributed by atoms with E-state index in [1.165, 1.54) is 19.3 Å². The summed E-state index contributed by atoms with van der Waals surface area (Å²) >= 11 is 0. The zero-order chi connectivity index (χ0) is 15.1. The van der Waals surface area contributed by atoms with E-state index in [0.29, 0.717) is 30.3 Å². The Morgan fingerprint density at radius 2 is 1.76 bits per heavy atom. The molecule has 21 heavy (non-hydrogen) atoms. The third-order valence-electron chi connectivity index (χ3n) is 3.78. The first-order valence-corrected chi connectivity index (χ1v) is 7.58. The van der Waals surface area contributed by atoms with Gasteiger partial charge in [0.25, 0.3) is 5.91 Å². The molecule has 1 aliphatic carbocycles. The molecule has 0 spiro atoms. The van der Waals surface area contributed by atoms with Gasteiger partial charge in [-0.25, -0.2) is 0 Å². The summed E-state index contributed by atoms with van der Waals surface area (Å²) in [6.45, 7) is 0.349. The maximum Gasteiger partial charge on any atom is 0.251 e. The summed E-state index contributed by atoms with van der Waals surface area (Å²) in [5, 5.41) is 5.78. The maximum atomic E-state index is 11.8. The maximum absolute atomic E-state index is 11.8. The molecule has 0 heterocycles. The molecular formula is C16H23N3O2. The average molecular weight is 289 g/mol. The first-order valence-electron chi connectivity index (χ1n) is 7.58. The van der Waals surface area contributed by atoms with Crippen molar-refractivity contribution in [2.24, 2.45) is 0 Å². The van der Waals surface area contributed by atoms with Crippen molar-refractivity contribution in [2.75, 3.05) is 12.3 Å². The van der Waals surface area contributed by atoms with Gasteiger partial charge in [0.15, 0.2) is 0 Å². The molecule has 0 unspecified atom stereocenters. The molecule has 1 fully saturated rings. The van der Waals surface area contributed by atoms with Gasteiger partial charge in [-0.3, -0.25) is 9.59 Å². The van der Waals surface area contributed by atoms with Gasteiger partial charge in [-0.2, -0.15) is 0 Å². The first kappa shape index (κ1) is 15.4. The number of amides is 2. The minimum absolute atomic E-state index is 0.0134. The molecule has 114 valence electrons. The van der Waals surface area contributed by atoms with Crippen LogP contribution in [0.15, 0.2) is 24.3 Å². The Morgan fingerprint density at radius 1 is 1.10 bits per heavy atom. The van der Waals surface area contributed by atoms with Gasteiger partial charge < -0.3 is 16.4 Å². The van der Waals surface area contributed by atoms with Crippen LogP contribution < -0.4 is 16.4 Å². The van der Waals surface area contributed by atoms with Gasteiger partial charge in [0.1, 0.15) is 0 Å². The number of nitrogens with two attached hydrogens (primary N) is 1. The van der Waals surface area contributed by atoms with Crippen LogP contribution in [-0.2, 0) is 4.79 Å². The zero-order valence-electron chi connectivity index (χ0n) is 12.2. The summed E-state index contributed by atoms with van der Waals surface area (Å²) < 4.78 is 0. The van der Waals surface area contributed by atoms with Crippen molar-refractivity contribution in [3.8, 4) is 0 Å². The first-order chi connectivity index (χ1) is 10.1. The van der Waals surface area contributed by atoms with Crippen LogP contribution >= 0.6 is 0 Å². The Hall–Kier alpha value is -2.04. The van der Waals surface area contributed by atoms with E-state index in [0.717, 1.165) is 12.8 Å². The van der Waals surface area contributed by atoms with E-state index in [2.05, 4.69) is 10.6 Å². The van der Waals surface area contributed by atoms with Gasteiger partial charge in [-0.15, -0.1) is 0 Å². The van der Waals surface area contributed by atoms with E-state index >= 15 is 0 Å². The van der Waals surface area contributed by atoms with Crippen molar-refractivity contribution >= 4 is 17.5 Å². The Balaban J connectivity index is 1.67. The predicted molar refractivity (Wildman–Crippen MR) is 82.8 cm³/mol. The molecule has 1 aromatic carbocycles. The Labute approximate surface area is 125 Å². The molecule has 0 atom stereocenters. The molecule has 0 aromatic heterocycles.